The van der Waals surface area contributed by atoms with Gasteiger partial charge >= 0.3 is 10.4 Å². The molecule has 0 fully saturated rings. The van der Waals surface area contributed by atoms with Crippen molar-refractivity contribution < 1.29 is 17.2 Å². The third kappa shape index (κ3) is 21.6. The molecule has 6 heteroatoms. The summed E-state index contributed by atoms with van der Waals surface area (Å²) < 4.78 is 29.7. The first kappa shape index (κ1) is 20.6. The Hall–Kier alpha value is 0.300. The van der Waals surface area contributed by atoms with Gasteiger partial charge < -0.3 is 0 Å². The highest BCUT2D eigenvalue weighted by molar-refractivity contribution is 7.80. The van der Waals surface area contributed by atoms with Crippen LogP contribution >= 0.6 is 9.24 Å². The van der Waals surface area contributed by atoms with Crippen LogP contribution in [-0.2, 0) is 14.6 Å². The van der Waals surface area contributed by atoms with Crippen LogP contribution in [0.3, 0.4) is 0 Å². The molecule has 0 aliphatic heterocycles. The van der Waals surface area contributed by atoms with E-state index in [0.717, 1.165) is 13.0 Å². The minimum absolute atomic E-state index is 0.870. The van der Waals surface area contributed by atoms with Gasteiger partial charge in [-0.15, -0.1) is 9.24 Å². The Morgan fingerprint density at radius 1 is 1.17 bits per heavy atom. The monoisotopic (exact) mass is 300 g/mol. The van der Waals surface area contributed by atoms with Crippen molar-refractivity contribution in [3.63, 3.8) is 0 Å². The number of hydrogen-bond donors (Lipinski definition) is 1. The Labute approximate surface area is 115 Å². The van der Waals surface area contributed by atoms with Crippen LogP contribution in [0.25, 0.3) is 0 Å². The van der Waals surface area contributed by atoms with Gasteiger partial charge in [0.2, 0.25) is 0 Å². The summed E-state index contributed by atoms with van der Waals surface area (Å²) >= 11 is 0. The van der Waals surface area contributed by atoms with Crippen LogP contribution in [0.4, 0.5) is 0 Å². The molecule has 0 rings (SSSR count). The molecule has 0 aliphatic carbocycles. The van der Waals surface area contributed by atoms with E-state index in [-0.39, 0.29) is 0 Å². The standard InChI is InChI=1S/C11H25P.CH4O4S/c1-3-4-5-6-7-8-11(2)9-10-12;1-5-6(2,3)4/h11H,3-10,12H2,1-2H3;1H3,(H,2,3,4). The Bertz CT molecular complexity index is 255. The van der Waals surface area contributed by atoms with Gasteiger partial charge in [0.15, 0.2) is 0 Å². The Kier molecular flexibility index (Phi) is 15.7. The Morgan fingerprint density at radius 2 is 1.67 bits per heavy atom. The van der Waals surface area contributed by atoms with Crippen molar-refractivity contribution in [1.82, 2.24) is 0 Å². The molecular weight excluding hydrogens is 271 g/mol. The summed E-state index contributed by atoms with van der Waals surface area (Å²) in [5.41, 5.74) is 0. The van der Waals surface area contributed by atoms with E-state index in [9.17, 15) is 8.42 Å². The lowest BCUT2D eigenvalue weighted by molar-refractivity contribution is 0.324. The molecule has 0 saturated heterocycles. The van der Waals surface area contributed by atoms with E-state index in [1.165, 1.54) is 51.1 Å². The molecule has 0 aromatic rings. The number of hydrogen-bond acceptors (Lipinski definition) is 3. The van der Waals surface area contributed by atoms with Gasteiger partial charge in [0, 0.05) is 0 Å². The summed E-state index contributed by atoms with van der Waals surface area (Å²) in [4.78, 5) is 0. The third-order valence-corrected chi connectivity index (χ3v) is 3.43. The SMILES string of the molecule is CCCCCCCC(C)CCP.COS(=O)(=O)O. The van der Waals surface area contributed by atoms with Crippen molar-refractivity contribution in [1.29, 1.82) is 0 Å². The second-order valence-electron chi connectivity index (χ2n) is 4.48. The van der Waals surface area contributed by atoms with Gasteiger partial charge in [-0.3, -0.25) is 8.74 Å². The van der Waals surface area contributed by atoms with E-state index in [2.05, 4.69) is 27.3 Å². The van der Waals surface area contributed by atoms with Gasteiger partial charge in [0.25, 0.3) is 0 Å². The van der Waals surface area contributed by atoms with Gasteiger partial charge in [0.1, 0.15) is 0 Å². The highest BCUT2D eigenvalue weighted by Crippen LogP contribution is 2.14. The van der Waals surface area contributed by atoms with Gasteiger partial charge in [-0.1, -0.05) is 52.4 Å². The van der Waals surface area contributed by atoms with Crippen molar-refractivity contribution >= 4 is 19.6 Å². The molecule has 0 heterocycles. The first-order valence-electron chi connectivity index (χ1n) is 6.60. The first-order chi connectivity index (χ1) is 8.37. The van der Waals surface area contributed by atoms with Crippen LogP contribution in [0.15, 0.2) is 0 Å². The van der Waals surface area contributed by atoms with Crippen LogP contribution in [0.2, 0.25) is 0 Å². The summed E-state index contributed by atoms with van der Waals surface area (Å²) in [5.74, 6) is 0.948. The molecule has 0 bridgehead atoms. The van der Waals surface area contributed by atoms with Gasteiger partial charge in [0.05, 0.1) is 7.11 Å². The number of unbranched alkanes of at least 4 members (excludes halogenated alkanes) is 4. The molecule has 0 spiro atoms. The lowest BCUT2D eigenvalue weighted by Crippen LogP contribution is -1.96. The average Bonchev–Trinajstić information content (AvgIpc) is 2.29. The minimum atomic E-state index is -4.16. The van der Waals surface area contributed by atoms with Crippen LogP contribution in [-0.4, -0.2) is 26.2 Å². The highest BCUT2D eigenvalue weighted by atomic mass is 32.3. The molecule has 2 atom stereocenters. The van der Waals surface area contributed by atoms with Gasteiger partial charge in [-0.05, 0) is 18.5 Å². The second kappa shape index (κ2) is 13.7. The lowest BCUT2D eigenvalue weighted by Gasteiger charge is -2.08. The van der Waals surface area contributed by atoms with Crippen molar-refractivity contribution in [3.05, 3.63) is 0 Å². The van der Waals surface area contributed by atoms with E-state index >= 15 is 0 Å². The van der Waals surface area contributed by atoms with Crippen molar-refractivity contribution in [2.45, 2.75) is 58.8 Å². The van der Waals surface area contributed by atoms with Gasteiger partial charge in [-0.2, -0.15) is 8.42 Å². The smallest absolute Gasteiger partial charge is 0.264 e. The summed E-state index contributed by atoms with van der Waals surface area (Å²) in [6.45, 7) is 4.65. The van der Waals surface area contributed by atoms with Crippen LogP contribution < -0.4 is 0 Å². The number of rotatable bonds is 9. The molecule has 18 heavy (non-hydrogen) atoms. The van der Waals surface area contributed by atoms with Gasteiger partial charge in [-0.25, -0.2) is 0 Å². The molecule has 0 radical (unpaired) electrons. The maximum Gasteiger partial charge on any atom is 0.397 e. The molecule has 0 saturated carbocycles. The minimum Gasteiger partial charge on any atom is -0.264 e. The van der Waals surface area contributed by atoms with E-state index in [1.807, 2.05) is 0 Å². The predicted molar refractivity (Wildman–Crippen MR) is 80.3 cm³/mol. The topological polar surface area (TPSA) is 63.6 Å². The summed E-state index contributed by atoms with van der Waals surface area (Å²) in [5, 5.41) is 0. The zero-order chi connectivity index (χ0) is 14.4. The first-order valence-corrected chi connectivity index (χ1v) is 8.78. The summed E-state index contributed by atoms with van der Waals surface area (Å²) in [7, 11) is -0.474. The fourth-order valence-electron chi connectivity index (χ4n) is 1.53. The summed E-state index contributed by atoms with van der Waals surface area (Å²) in [6, 6.07) is 0. The molecule has 0 aromatic heterocycles. The Balaban J connectivity index is 0. The van der Waals surface area contributed by atoms with Crippen molar-refractivity contribution in [2.24, 2.45) is 5.92 Å². The zero-order valence-electron chi connectivity index (χ0n) is 11.9. The van der Waals surface area contributed by atoms with E-state index < -0.39 is 10.4 Å². The third-order valence-electron chi connectivity index (χ3n) is 2.67. The fraction of sp³-hybridized carbons (Fsp3) is 1.00. The van der Waals surface area contributed by atoms with Crippen LogP contribution in [0, 0.1) is 5.92 Å². The van der Waals surface area contributed by atoms with Crippen LogP contribution in [0.5, 0.6) is 0 Å². The predicted octanol–water partition coefficient (Wildman–Crippen LogP) is 3.68. The fourth-order valence-corrected chi connectivity index (χ4v) is 2.09. The lowest BCUT2D eigenvalue weighted by atomic mass is 10.00. The largest absolute Gasteiger partial charge is 0.397 e. The molecular formula is C12H29O4PS. The zero-order valence-corrected chi connectivity index (χ0v) is 13.9. The van der Waals surface area contributed by atoms with E-state index in [0.29, 0.717) is 0 Å². The molecule has 0 aromatic carbocycles. The molecule has 1 N–H and O–H groups in total. The normalized spacial score (nSPS) is 12.7. The second-order valence-corrected chi connectivity index (χ2v) is 6.25. The molecule has 2 unspecified atom stereocenters. The average molecular weight is 300 g/mol. The van der Waals surface area contributed by atoms with Crippen molar-refractivity contribution in [2.75, 3.05) is 13.3 Å². The molecule has 0 aliphatic rings. The van der Waals surface area contributed by atoms with E-state index in [4.69, 9.17) is 4.55 Å². The summed E-state index contributed by atoms with van der Waals surface area (Å²) in [6.07, 6.45) is 11.2. The Morgan fingerprint density at radius 3 is 2.06 bits per heavy atom. The quantitative estimate of drug-likeness (QED) is 0.401. The molecule has 4 nitrogen and oxygen atoms in total. The van der Waals surface area contributed by atoms with Crippen molar-refractivity contribution in [3.8, 4) is 0 Å². The highest BCUT2D eigenvalue weighted by Gasteiger charge is 1.99. The molecule has 112 valence electrons. The maximum atomic E-state index is 9.33. The maximum absolute atomic E-state index is 9.33. The molecule has 0 amide bonds. The van der Waals surface area contributed by atoms with E-state index in [1.54, 1.807) is 0 Å². The van der Waals surface area contributed by atoms with Crippen LogP contribution in [0.1, 0.15) is 58.8 Å².